The molecule has 1 atom stereocenters. The second kappa shape index (κ2) is 10.3. The van der Waals surface area contributed by atoms with Gasteiger partial charge in [-0.05, 0) is 36.2 Å². The number of nitrogens with one attached hydrogen (secondary N) is 1. The maximum Gasteiger partial charge on any atom is 0.226 e. The van der Waals surface area contributed by atoms with Crippen molar-refractivity contribution < 1.29 is 9.53 Å². The molecule has 1 aromatic carbocycles. The third-order valence-corrected chi connectivity index (χ3v) is 7.49. The van der Waals surface area contributed by atoms with E-state index < -0.39 is 0 Å². The number of thiazole rings is 1. The fraction of sp³-hybridized carbons (Fsp3) is 0.400. The van der Waals surface area contributed by atoms with Crippen molar-refractivity contribution in [2.75, 3.05) is 26.2 Å². The molecule has 31 heavy (non-hydrogen) atoms. The van der Waals surface area contributed by atoms with Crippen molar-refractivity contribution in [2.45, 2.75) is 26.0 Å². The van der Waals surface area contributed by atoms with Crippen LogP contribution in [0.2, 0.25) is 10.0 Å². The largest absolute Gasteiger partial charge is 0.374 e. The number of benzene rings is 1. The van der Waals surface area contributed by atoms with Crippen molar-refractivity contribution in [1.82, 2.24) is 24.8 Å². The van der Waals surface area contributed by atoms with Gasteiger partial charge in [-0.3, -0.25) is 9.69 Å². The molecule has 0 radical (unpaired) electrons. The predicted molar refractivity (Wildman–Crippen MR) is 124 cm³/mol. The van der Waals surface area contributed by atoms with E-state index in [0.717, 1.165) is 46.5 Å². The summed E-state index contributed by atoms with van der Waals surface area (Å²) in [6.45, 7) is 5.32. The van der Waals surface area contributed by atoms with Gasteiger partial charge in [0.05, 0.1) is 40.6 Å². The first kappa shape index (κ1) is 22.6. The summed E-state index contributed by atoms with van der Waals surface area (Å²) >= 11 is 14.9. The topological polar surface area (TPSA) is 80.2 Å². The van der Waals surface area contributed by atoms with Gasteiger partial charge in [-0.15, -0.1) is 16.4 Å². The second-order valence-corrected chi connectivity index (χ2v) is 9.72. The lowest BCUT2D eigenvalue weighted by Gasteiger charge is -2.33. The number of aromatic nitrogens is 3. The summed E-state index contributed by atoms with van der Waals surface area (Å²) in [5, 5.41) is 10.9. The van der Waals surface area contributed by atoms with E-state index in [1.54, 1.807) is 0 Å². The third kappa shape index (κ3) is 6.00. The number of nitrogens with zero attached hydrogens (tertiary/aromatic N) is 4. The maximum absolute atomic E-state index is 12.4. The van der Waals surface area contributed by atoms with Gasteiger partial charge in [0.1, 0.15) is 9.88 Å². The summed E-state index contributed by atoms with van der Waals surface area (Å²) in [7, 11) is 0. The van der Waals surface area contributed by atoms with Gasteiger partial charge in [-0.25, -0.2) is 4.98 Å². The summed E-state index contributed by atoms with van der Waals surface area (Å²) in [5.41, 5.74) is 2.70. The minimum absolute atomic E-state index is 0.0580. The number of rotatable bonds is 7. The van der Waals surface area contributed by atoms with Crippen molar-refractivity contribution in [3.05, 3.63) is 50.6 Å². The monoisotopic (exact) mass is 497 g/mol. The summed E-state index contributed by atoms with van der Waals surface area (Å²) in [6, 6.07) is 5.68. The van der Waals surface area contributed by atoms with Gasteiger partial charge >= 0.3 is 0 Å². The van der Waals surface area contributed by atoms with Crippen LogP contribution in [0.25, 0.3) is 9.88 Å². The van der Waals surface area contributed by atoms with E-state index >= 15 is 0 Å². The van der Waals surface area contributed by atoms with Crippen LogP contribution in [0.3, 0.4) is 0 Å². The van der Waals surface area contributed by atoms with Gasteiger partial charge in [0.15, 0.2) is 0 Å². The first-order chi connectivity index (χ1) is 15.0. The Morgan fingerprint density at radius 3 is 3.00 bits per heavy atom. The van der Waals surface area contributed by atoms with Gasteiger partial charge in [0.25, 0.3) is 0 Å². The Morgan fingerprint density at radius 1 is 1.35 bits per heavy atom. The molecule has 1 amide bonds. The van der Waals surface area contributed by atoms with Gasteiger partial charge in [0, 0.05) is 31.6 Å². The molecular weight excluding hydrogens is 477 g/mol. The molecule has 2 aromatic heterocycles. The summed E-state index contributed by atoms with van der Waals surface area (Å²) in [4.78, 5) is 20.2. The SMILES string of the molecule is Cc1nnsc1-c1nc(CC(=O)NC[C@H]2CN(Cc3ccc(Cl)c(Cl)c3)CCO2)cs1. The van der Waals surface area contributed by atoms with Crippen LogP contribution in [0.15, 0.2) is 23.6 Å². The fourth-order valence-corrected chi connectivity index (χ4v) is 5.25. The first-order valence-electron chi connectivity index (χ1n) is 9.76. The van der Waals surface area contributed by atoms with E-state index in [4.69, 9.17) is 27.9 Å². The maximum atomic E-state index is 12.4. The number of halogens is 2. The van der Waals surface area contributed by atoms with Gasteiger partial charge < -0.3 is 10.1 Å². The molecule has 164 valence electrons. The molecule has 0 saturated carbocycles. The molecule has 7 nitrogen and oxygen atoms in total. The van der Waals surface area contributed by atoms with Crippen LogP contribution >= 0.6 is 46.1 Å². The molecule has 1 N–H and O–H groups in total. The van der Waals surface area contributed by atoms with Gasteiger partial charge in [-0.2, -0.15) is 0 Å². The van der Waals surface area contributed by atoms with Gasteiger partial charge in [0.2, 0.25) is 5.91 Å². The zero-order valence-electron chi connectivity index (χ0n) is 16.8. The smallest absolute Gasteiger partial charge is 0.226 e. The molecule has 1 aliphatic rings. The Hall–Kier alpha value is -1.62. The van der Waals surface area contributed by atoms with Crippen molar-refractivity contribution in [2.24, 2.45) is 0 Å². The van der Waals surface area contributed by atoms with Crippen LogP contribution in [-0.4, -0.2) is 57.7 Å². The zero-order valence-corrected chi connectivity index (χ0v) is 20.0. The number of carbonyl (C=O) groups is 1. The first-order valence-corrected chi connectivity index (χ1v) is 12.2. The van der Waals surface area contributed by atoms with Crippen LogP contribution in [0.4, 0.5) is 0 Å². The van der Waals surface area contributed by atoms with E-state index in [2.05, 4.69) is 24.8 Å². The average molecular weight is 498 g/mol. The zero-order chi connectivity index (χ0) is 21.8. The molecule has 1 saturated heterocycles. The van der Waals surface area contributed by atoms with Crippen molar-refractivity contribution >= 4 is 52.0 Å². The Bertz CT molecular complexity index is 1060. The van der Waals surface area contributed by atoms with Crippen LogP contribution in [0, 0.1) is 6.92 Å². The summed E-state index contributed by atoms with van der Waals surface area (Å²) < 4.78 is 9.76. The number of hydrogen-bond acceptors (Lipinski definition) is 8. The summed E-state index contributed by atoms with van der Waals surface area (Å²) in [6.07, 6.45) is 0.180. The van der Waals surface area contributed by atoms with Crippen LogP contribution in [0.5, 0.6) is 0 Å². The molecule has 0 spiro atoms. The van der Waals surface area contributed by atoms with E-state index in [1.165, 1.54) is 22.9 Å². The standard InChI is InChI=1S/C20H21Cl2N5O2S2/c1-12-19(31-26-25-12)20-24-14(11-30-20)7-18(28)23-8-15-10-27(4-5-29-15)9-13-2-3-16(21)17(22)6-13/h2-3,6,11,15H,4-5,7-10H2,1H3,(H,23,28)/t15-/m0/s1. The normalized spacial score (nSPS) is 17.1. The number of morpholine rings is 1. The predicted octanol–water partition coefficient (Wildman–Crippen LogP) is 3.84. The Kier molecular flexibility index (Phi) is 7.52. The minimum Gasteiger partial charge on any atom is -0.374 e. The van der Waals surface area contributed by atoms with E-state index in [1.807, 2.05) is 30.5 Å². The third-order valence-electron chi connectivity index (χ3n) is 4.88. The highest BCUT2D eigenvalue weighted by molar-refractivity contribution is 7.18. The molecule has 0 unspecified atom stereocenters. The number of ether oxygens (including phenoxy) is 1. The Labute approximate surface area is 198 Å². The lowest BCUT2D eigenvalue weighted by molar-refractivity contribution is -0.121. The second-order valence-electron chi connectivity index (χ2n) is 7.29. The number of amides is 1. The number of carbonyl (C=O) groups excluding carboxylic acids is 1. The molecule has 1 aliphatic heterocycles. The van der Waals surface area contributed by atoms with Crippen molar-refractivity contribution in [3.63, 3.8) is 0 Å². The minimum atomic E-state index is -0.0683. The van der Waals surface area contributed by atoms with Crippen LogP contribution in [-0.2, 0) is 22.5 Å². The highest BCUT2D eigenvalue weighted by atomic mass is 35.5. The van der Waals surface area contributed by atoms with Crippen LogP contribution < -0.4 is 5.32 Å². The molecule has 4 rings (SSSR count). The van der Waals surface area contributed by atoms with Crippen LogP contribution in [0.1, 0.15) is 17.0 Å². The Morgan fingerprint density at radius 2 is 2.23 bits per heavy atom. The quantitative estimate of drug-likeness (QED) is 0.534. The van der Waals surface area contributed by atoms with Crippen molar-refractivity contribution in [1.29, 1.82) is 0 Å². The molecule has 3 aromatic rings. The van der Waals surface area contributed by atoms with E-state index in [0.29, 0.717) is 23.2 Å². The Balaban J connectivity index is 1.25. The molecule has 3 heterocycles. The average Bonchev–Trinajstić information content (AvgIpc) is 3.38. The molecule has 0 aliphatic carbocycles. The molecule has 0 bridgehead atoms. The molecular formula is C20H21Cl2N5O2S2. The highest BCUT2D eigenvalue weighted by Crippen LogP contribution is 2.28. The molecule has 1 fully saturated rings. The highest BCUT2D eigenvalue weighted by Gasteiger charge is 2.21. The van der Waals surface area contributed by atoms with E-state index in [9.17, 15) is 4.79 Å². The molecule has 11 heteroatoms. The summed E-state index contributed by atoms with van der Waals surface area (Å²) in [5.74, 6) is -0.0683. The lowest BCUT2D eigenvalue weighted by atomic mass is 10.2. The van der Waals surface area contributed by atoms with Crippen molar-refractivity contribution in [3.8, 4) is 9.88 Å². The van der Waals surface area contributed by atoms with E-state index in [-0.39, 0.29) is 18.4 Å². The number of hydrogen-bond donors (Lipinski definition) is 1. The fourth-order valence-electron chi connectivity index (χ4n) is 3.32. The van der Waals surface area contributed by atoms with Gasteiger partial charge in [-0.1, -0.05) is 33.8 Å². The lowest BCUT2D eigenvalue weighted by Crippen LogP contribution is -2.47. The number of aryl methyl sites for hydroxylation is 1.